The third kappa shape index (κ3) is 18.0. The first-order valence-corrected chi connectivity index (χ1v) is 12.8. The van der Waals surface area contributed by atoms with Crippen LogP contribution < -0.4 is 0 Å². The van der Waals surface area contributed by atoms with E-state index in [0.29, 0.717) is 13.0 Å². The van der Waals surface area contributed by atoms with Crippen LogP contribution in [0.3, 0.4) is 0 Å². The van der Waals surface area contributed by atoms with Gasteiger partial charge in [0.2, 0.25) is 0 Å². The standard InChI is InChI=1S/C28H46O4/c1-2-3-4-5-6-7-8-9-10-11-12-13-14-15-19-22-28(30)32-25-27(29)24-31-23-26-20-17-16-18-21-26/h9-10,16-18,20-21,27,29H,2-8,11-15,19,22-25H2,1H3/b10-9-. The van der Waals surface area contributed by atoms with Gasteiger partial charge in [0.05, 0.1) is 13.2 Å². The minimum absolute atomic E-state index is 0.00129. The van der Waals surface area contributed by atoms with Gasteiger partial charge in [-0.05, 0) is 37.7 Å². The number of hydrogen-bond donors (Lipinski definition) is 1. The molecule has 32 heavy (non-hydrogen) atoms. The van der Waals surface area contributed by atoms with Crippen LogP contribution in [0.1, 0.15) is 102 Å². The Labute approximate surface area is 196 Å². The summed E-state index contributed by atoms with van der Waals surface area (Å²) in [5.41, 5.74) is 1.06. The molecule has 0 aromatic heterocycles. The van der Waals surface area contributed by atoms with E-state index in [1.807, 2.05) is 30.3 Å². The number of allylic oxidation sites excluding steroid dienone is 2. The van der Waals surface area contributed by atoms with Crippen molar-refractivity contribution in [2.24, 2.45) is 0 Å². The molecule has 0 bridgehead atoms. The molecule has 0 aliphatic rings. The summed E-state index contributed by atoms with van der Waals surface area (Å²) in [6.45, 7) is 2.87. The Balaban J connectivity index is 1.84. The van der Waals surface area contributed by atoms with Gasteiger partial charge < -0.3 is 14.6 Å². The Morgan fingerprint density at radius 1 is 0.844 bits per heavy atom. The molecule has 1 rings (SSSR count). The number of esters is 1. The summed E-state index contributed by atoms with van der Waals surface area (Å²) in [5.74, 6) is -0.232. The second kappa shape index (κ2) is 21.2. The van der Waals surface area contributed by atoms with E-state index in [4.69, 9.17) is 9.47 Å². The number of rotatable bonds is 21. The molecule has 0 fully saturated rings. The molecule has 0 aliphatic heterocycles. The molecule has 1 unspecified atom stereocenters. The number of aliphatic hydroxyl groups is 1. The van der Waals surface area contributed by atoms with Crippen LogP contribution >= 0.6 is 0 Å². The first-order valence-electron chi connectivity index (χ1n) is 12.8. The molecule has 182 valence electrons. The number of benzene rings is 1. The van der Waals surface area contributed by atoms with Crippen LogP contribution in [0, 0.1) is 0 Å². The second-order valence-electron chi connectivity index (χ2n) is 8.67. The van der Waals surface area contributed by atoms with Gasteiger partial charge in [-0.1, -0.05) is 101 Å². The Hall–Kier alpha value is -1.65. The largest absolute Gasteiger partial charge is 0.463 e. The van der Waals surface area contributed by atoms with E-state index < -0.39 is 6.10 Å². The summed E-state index contributed by atoms with van der Waals surface area (Å²) in [6, 6.07) is 9.80. The van der Waals surface area contributed by atoms with Crippen LogP contribution in [0.25, 0.3) is 0 Å². The first-order chi connectivity index (χ1) is 15.7. The molecule has 0 radical (unpaired) electrons. The molecule has 0 aliphatic carbocycles. The SMILES string of the molecule is CCCCCCCC/C=C\CCCCCCCC(=O)OCC(O)COCc1ccccc1. The molecular formula is C28H46O4. The summed E-state index contributed by atoms with van der Waals surface area (Å²) in [4.78, 5) is 11.8. The number of ether oxygens (including phenoxy) is 2. The van der Waals surface area contributed by atoms with Gasteiger partial charge in [-0.25, -0.2) is 0 Å². The third-order valence-corrected chi connectivity index (χ3v) is 5.50. The van der Waals surface area contributed by atoms with Crippen molar-refractivity contribution in [3.05, 3.63) is 48.0 Å². The molecule has 0 saturated carbocycles. The lowest BCUT2D eigenvalue weighted by molar-refractivity contribution is -0.148. The predicted molar refractivity (Wildman–Crippen MR) is 133 cm³/mol. The van der Waals surface area contributed by atoms with Crippen LogP contribution in [0.15, 0.2) is 42.5 Å². The van der Waals surface area contributed by atoms with Gasteiger partial charge in [0.1, 0.15) is 12.7 Å². The summed E-state index contributed by atoms with van der Waals surface area (Å²) in [6.07, 6.45) is 20.4. The van der Waals surface area contributed by atoms with E-state index in [-0.39, 0.29) is 19.2 Å². The van der Waals surface area contributed by atoms with E-state index >= 15 is 0 Å². The van der Waals surface area contributed by atoms with Crippen molar-refractivity contribution in [1.82, 2.24) is 0 Å². The van der Waals surface area contributed by atoms with Gasteiger partial charge in [-0.2, -0.15) is 0 Å². The number of hydrogen-bond acceptors (Lipinski definition) is 4. The Kier molecular flexibility index (Phi) is 18.8. The Morgan fingerprint density at radius 2 is 1.44 bits per heavy atom. The topological polar surface area (TPSA) is 55.8 Å². The number of carbonyl (C=O) groups is 1. The van der Waals surface area contributed by atoms with Crippen LogP contribution in [-0.4, -0.2) is 30.4 Å². The fraction of sp³-hybridized carbons (Fsp3) is 0.679. The summed E-state index contributed by atoms with van der Waals surface area (Å²) in [5, 5.41) is 9.87. The van der Waals surface area contributed by atoms with Crippen LogP contribution in [-0.2, 0) is 20.9 Å². The normalized spacial score (nSPS) is 12.3. The summed E-state index contributed by atoms with van der Waals surface area (Å²) >= 11 is 0. The number of aliphatic hydroxyl groups excluding tert-OH is 1. The van der Waals surface area contributed by atoms with Crippen molar-refractivity contribution in [3.63, 3.8) is 0 Å². The van der Waals surface area contributed by atoms with Gasteiger partial charge >= 0.3 is 5.97 Å². The van der Waals surface area contributed by atoms with Crippen molar-refractivity contribution in [1.29, 1.82) is 0 Å². The average molecular weight is 447 g/mol. The number of unbranched alkanes of at least 4 members (excludes halogenated alkanes) is 11. The van der Waals surface area contributed by atoms with Gasteiger partial charge in [0, 0.05) is 6.42 Å². The maximum Gasteiger partial charge on any atom is 0.305 e. The van der Waals surface area contributed by atoms with Gasteiger partial charge in [-0.15, -0.1) is 0 Å². The highest BCUT2D eigenvalue weighted by atomic mass is 16.5. The molecule has 1 atom stereocenters. The smallest absolute Gasteiger partial charge is 0.305 e. The quantitative estimate of drug-likeness (QED) is 0.124. The summed E-state index contributed by atoms with van der Waals surface area (Å²) < 4.78 is 10.6. The second-order valence-corrected chi connectivity index (χ2v) is 8.67. The van der Waals surface area contributed by atoms with Gasteiger partial charge in [-0.3, -0.25) is 4.79 Å². The molecular weight excluding hydrogens is 400 g/mol. The van der Waals surface area contributed by atoms with Crippen molar-refractivity contribution in [3.8, 4) is 0 Å². The highest BCUT2D eigenvalue weighted by Gasteiger charge is 2.09. The van der Waals surface area contributed by atoms with E-state index in [1.54, 1.807) is 0 Å². The molecule has 0 spiro atoms. The molecule has 0 saturated heterocycles. The van der Waals surface area contributed by atoms with Crippen molar-refractivity contribution < 1.29 is 19.4 Å². The van der Waals surface area contributed by atoms with E-state index in [0.717, 1.165) is 24.8 Å². The van der Waals surface area contributed by atoms with Crippen molar-refractivity contribution in [2.75, 3.05) is 13.2 Å². The minimum Gasteiger partial charge on any atom is -0.463 e. The predicted octanol–water partition coefficient (Wildman–Crippen LogP) is 7.14. The maximum absolute atomic E-state index is 11.8. The third-order valence-electron chi connectivity index (χ3n) is 5.50. The Bertz CT molecular complexity index is 570. The van der Waals surface area contributed by atoms with Crippen molar-refractivity contribution >= 4 is 5.97 Å². The molecule has 0 heterocycles. The molecule has 4 heteroatoms. The minimum atomic E-state index is -0.781. The zero-order valence-corrected chi connectivity index (χ0v) is 20.3. The van der Waals surface area contributed by atoms with E-state index in [9.17, 15) is 9.90 Å². The maximum atomic E-state index is 11.8. The van der Waals surface area contributed by atoms with Gasteiger partial charge in [0.25, 0.3) is 0 Å². The van der Waals surface area contributed by atoms with Crippen LogP contribution in [0.2, 0.25) is 0 Å². The van der Waals surface area contributed by atoms with Crippen molar-refractivity contribution in [2.45, 2.75) is 110 Å². The monoisotopic (exact) mass is 446 g/mol. The lowest BCUT2D eigenvalue weighted by Gasteiger charge is -2.12. The van der Waals surface area contributed by atoms with Crippen LogP contribution in [0.4, 0.5) is 0 Å². The molecule has 4 nitrogen and oxygen atoms in total. The first kappa shape index (κ1) is 28.4. The fourth-order valence-electron chi connectivity index (χ4n) is 3.54. The van der Waals surface area contributed by atoms with Gasteiger partial charge in [0.15, 0.2) is 0 Å². The molecule has 0 amide bonds. The van der Waals surface area contributed by atoms with Crippen LogP contribution in [0.5, 0.6) is 0 Å². The Morgan fingerprint density at radius 3 is 2.09 bits per heavy atom. The highest BCUT2D eigenvalue weighted by molar-refractivity contribution is 5.69. The zero-order chi connectivity index (χ0) is 23.1. The average Bonchev–Trinajstić information content (AvgIpc) is 2.81. The molecule has 1 N–H and O–H groups in total. The summed E-state index contributed by atoms with van der Waals surface area (Å²) in [7, 11) is 0. The fourth-order valence-corrected chi connectivity index (χ4v) is 3.54. The number of carbonyl (C=O) groups excluding carboxylic acids is 1. The lowest BCUT2D eigenvalue weighted by Crippen LogP contribution is -2.23. The highest BCUT2D eigenvalue weighted by Crippen LogP contribution is 2.10. The zero-order valence-electron chi connectivity index (χ0n) is 20.3. The lowest BCUT2D eigenvalue weighted by atomic mass is 10.1. The molecule has 1 aromatic rings. The van der Waals surface area contributed by atoms with E-state index in [2.05, 4.69) is 19.1 Å². The van der Waals surface area contributed by atoms with E-state index in [1.165, 1.54) is 64.2 Å². The molecule has 1 aromatic carbocycles.